The fourth-order valence-electron chi connectivity index (χ4n) is 1.84. The molecule has 98 valence electrons. The summed E-state index contributed by atoms with van der Waals surface area (Å²) >= 11 is 1.71. The summed E-state index contributed by atoms with van der Waals surface area (Å²) in [6.45, 7) is 8.70. The molecule has 0 aliphatic heterocycles. The Balaban J connectivity index is 2.55. The van der Waals surface area contributed by atoms with Gasteiger partial charge < -0.3 is 5.73 Å². The van der Waals surface area contributed by atoms with E-state index in [2.05, 4.69) is 38.1 Å². The molecule has 3 heteroatoms. The van der Waals surface area contributed by atoms with E-state index in [-0.39, 0.29) is 5.54 Å². The lowest BCUT2D eigenvalue weighted by Crippen LogP contribution is -2.32. The van der Waals surface area contributed by atoms with Crippen LogP contribution in [0, 0.1) is 0 Å². The molecule has 1 aromatic rings. The van der Waals surface area contributed by atoms with Gasteiger partial charge in [0.05, 0.1) is 11.2 Å². The Labute approximate surface area is 110 Å². The monoisotopic (exact) mass is 254 g/mol. The van der Waals surface area contributed by atoms with Crippen LogP contribution in [0.15, 0.2) is 5.38 Å². The quantitative estimate of drug-likeness (QED) is 0.732. The number of nitrogens with two attached hydrogens (primary N) is 1. The molecule has 1 heterocycles. The van der Waals surface area contributed by atoms with Crippen LogP contribution in [0.2, 0.25) is 0 Å². The Morgan fingerprint density at radius 1 is 1.35 bits per heavy atom. The largest absolute Gasteiger partial charge is 0.320 e. The van der Waals surface area contributed by atoms with E-state index in [1.54, 1.807) is 11.3 Å². The predicted octanol–water partition coefficient (Wildman–Crippen LogP) is 4.41. The van der Waals surface area contributed by atoms with E-state index in [1.165, 1.54) is 31.4 Å². The first-order valence-corrected chi connectivity index (χ1v) is 7.60. The van der Waals surface area contributed by atoms with Crippen LogP contribution in [0.3, 0.4) is 0 Å². The second kappa shape index (κ2) is 6.50. The molecule has 1 aromatic heterocycles. The van der Waals surface area contributed by atoms with Crippen molar-refractivity contribution in [2.24, 2.45) is 5.73 Å². The van der Waals surface area contributed by atoms with Crippen LogP contribution in [0.25, 0.3) is 0 Å². The van der Waals surface area contributed by atoms with E-state index in [0.717, 1.165) is 11.4 Å². The third-order valence-corrected chi connectivity index (χ3v) is 4.29. The molecule has 1 atom stereocenters. The van der Waals surface area contributed by atoms with Crippen molar-refractivity contribution in [1.82, 2.24) is 4.98 Å². The molecule has 1 unspecified atom stereocenters. The molecular weight excluding hydrogens is 228 g/mol. The minimum atomic E-state index is -0.244. The summed E-state index contributed by atoms with van der Waals surface area (Å²) in [4.78, 5) is 4.67. The maximum Gasteiger partial charge on any atom is 0.112 e. The number of unbranched alkanes of at least 4 members (excludes halogenated alkanes) is 3. The lowest BCUT2D eigenvalue weighted by atomic mass is 9.96. The van der Waals surface area contributed by atoms with Crippen LogP contribution in [-0.2, 0) is 5.54 Å². The van der Waals surface area contributed by atoms with Crippen LogP contribution in [0.5, 0.6) is 0 Å². The Kier molecular flexibility index (Phi) is 5.60. The van der Waals surface area contributed by atoms with Crippen molar-refractivity contribution >= 4 is 11.3 Å². The minimum Gasteiger partial charge on any atom is -0.320 e. The van der Waals surface area contributed by atoms with E-state index < -0.39 is 0 Å². The SMILES string of the molecule is CCCCCCC(C)(N)c1nc(C(C)C)cs1. The molecule has 17 heavy (non-hydrogen) atoms. The van der Waals surface area contributed by atoms with Crippen molar-refractivity contribution in [1.29, 1.82) is 0 Å². The van der Waals surface area contributed by atoms with Crippen LogP contribution in [0.1, 0.15) is 76.4 Å². The predicted molar refractivity (Wildman–Crippen MR) is 76.5 cm³/mol. The Bertz CT molecular complexity index is 329. The highest BCUT2D eigenvalue weighted by Crippen LogP contribution is 2.29. The molecule has 2 N–H and O–H groups in total. The molecule has 0 bridgehead atoms. The van der Waals surface area contributed by atoms with Gasteiger partial charge in [0.25, 0.3) is 0 Å². The summed E-state index contributed by atoms with van der Waals surface area (Å²) in [6.07, 6.45) is 6.11. The number of rotatable bonds is 7. The van der Waals surface area contributed by atoms with Crippen molar-refractivity contribution in [3.05, 3.63) is 16.1 Å². The van der Waals surface area contributed by atoms with Crippen LogP contribution in [0.4, 0.5) is 0 Å². The normalized spacial score (nSPS) is 15.2. The molecule has 0 saturated heterocycles. The van der Waals surface area contributed by atoms with Crippen molar-refractivity contribution in [3.8, 4) is 0 Å². The number of thiazole rings is 1. The zero-order valence-electron chi connectivity index (χ0n) is 11.6. The van der Waals surface area contributed by atoms with Gasteiger partial charge in [-0.25, -0.2) is 4.98 Å². The average molecular weight is 254 g/mol. The molecule has 0 aliphatic carbocycles. The summed E-state index contributed by atoms with van der Waals surface area (Å²) in [5.41, 5.74) is 7.31. The van der Waals surface area contributed by atoms with Gasteiger partial charge in [-0.05, 0) is 19.3 Å². The summed E-state index contributed by atoms with van der Waals surface area (Å²) < 4.78 is 0. The standard InChI is InChI=1S/C14H26N2S/c1-5-6-7-8-9-14(4,15)13-16-12(10-17-13)11(2)3/h10-11H,5-9,15H2,1-4H3. The van der Waals surface area contributed by atoms with Crippen molar-refractivity contribution in [2.45, 2.75) is 71.3 Å². The first-order chi connectivity index (χ1) is 7.97. The van der Waals surface area contributed by atoms with Crippen molar-refractivity contribution in [2.75, 3.05) is 0 Å². The Morgan fingerprint density at radius 3 is 2.59 bits per heavy atom. The number of hydrogen-bond acceptors (Lipinski definition) is 3. The molecule has 0 spiro atoms. The fourth-order valence-corrected chi connectivity index (χ4v) is 2.93. The number of hydrogen-bond donors (Lipinski definition) is 1. The maximum absolute atomic E-state index is 6.38. The molecule has 0 aromatic carbocycles. The van der Waals surface area contributed by atoms with E-state index in [9.17, 15) is 0 Å². The van der Waals surface area contributed by atoms with Gasteiger partial charge in [0, 0.05) is 5.38 Å². The van der Waals surface area contributed by atoms with Gasteiger partial charge >= 0.3 is 0 Å². The lowest BCUT2D eigenvalue weighted by molar-refractivity contribution is 0.421. The zero-order chi connectivity index (χ0) is 12.9. The zero-order valence-corrected chi connectivity index (χ0v) is 12.4. The van der Waals surface area contributed by atoms with Gasteiger partial charge in [-0.2, -0.15) is 0 Å². The highest BCUT2D eigenvalue weighted by molar-refractivity contribution is 7.09. The number of nitrogens with zero attached hydrogens (tertiary/aromatic N) is 1. The van der Waals surface area contributed by atoms with E-state index in [4.69, 9.17) is 5.73 Å². The molecule has 2 nitrogen and oxygen atoms in total. The summed E-state index contributed by atoms with van der Waals surface area (Å²) in [6, 6.07) is 0. The molecule has 0 fully saturated rings. The Morgan fingerprint density at radius 2 is 2.06 bits per heavy atom. The van der Waals surface area contributed by atoms with Gasteiger partial charge in [0.1, 0.15) is 5.01 Å². The van der Waals surface area contributed by atoms with Crippen molar-refractivity contribution in [3.63, 3.8) is 0 Å². The lowest BCUT2D eigenvalue weighted by Gasteiger charge is -2.21. The molecule has 0 radical (unpaired) electrons. The van der Waals surface area contributed by atoms with Crippen molar-refractivity contribution < 1.29 is 0 Å². The van der Waals surface area contributed by atoms with Gasteiger partial charge in [-0.15, -0.1) is 11.3 Å². The smallest absolute Gasteiger partial charge is 0.112 e. The maximum atomic E-state index is 6.38. The highest BCUT2D eigenvalue weighted by Gasteiger charge is 2.24. The summed E-state index contributed by atoms with van der Waals surface area (Å²) in [5.74, 6) is 0.496. The van der Waals surface area contributed by atoms with E-state index in [0.29, 0.717) is 5.92 Å². The second-order valence-corrected chi connectivity index (χ2v) is 6.32. The van der Waals surface area contributed by atoms with Gasteiger partial charge in [0.2, 0.25) is 0 Å². The minimum absolute atomic E-state index is 0.244. The van der Waals surface area contributed by atoms with Gasteiger partial charge in [-0.3, -0.25) is 0 Å². The van der Waals surface area contributed by atoms with Crippen LogP contribution < -0.4 is 5.73 Å². The third kappa shape index (κ3) is 4.40. The first-order valence-electron chi connectivity index (χ1n) is 6.72. The van der Waals surface area contributed by atoms with E-state index >= 15 is 0 Å². The van der Waals surface area contributed by atoms with Gasteiger partial charge in [-0.1, -0.05) is 46.5 Å². The summed E-state index contributed by atoms with van der Waals surface area (Å²) in [7, 11) is 0. The topological polar surface area (TPSA) is 38.9 Å². The third-order valence-electron chi connectivity index (χ3n) is 3.15. The summed E-state index contributed by atoms with van der Waals surface area (Å²) in [5, 5.41) is 3.25. The average Bonchev–Trinajstić information content (AvgIpc) is 2.74. The highest BCUT2D eigenvalue weighted by atomic mass is 32.1. The molecule has 0 aliphatic rings. The van der Waals surface area contributed by atoms with Gasteiger partial charge in [0.15, 0.2) is 0 Å². The fraction of sp³-hybridized carbons (Fsp3) is 0.786. The van der Waals surface area contributed by atoms with Crippen LogP contribution >= 0.6 is 11.3 Å². The first kappa shape index (κ1) is 14.7. The van der Waals surface area contributed by atoms with E-state index in [1.807, 2.05) is 0 Å². The molecule has 0 saturated carbocycles. The number of aromatic nitrogens is 1. The molecular formula is C14H26N2S. The molecule has 1 rings (SSSR count). The van der Waals surface area contributed by atoms with Crippen LogP contribution in [-0.4, -0.2) is 4.98 Å². The molecule has 0 amide bonds. The second-order valence-electron chi connectivity index (χ2n) is 5.46. The Hall–Kier alpha value is -0.410.